The number of hydrogen-bond donors (Lipinski definition) is 0. The van der Waals surface area contributed by atoms with Crippen LogP contribution in [-0.4, -0.2) is 79.0 Å². The molecule has 9 nitrogen and oxygen atoms in total. The molecule has 2 saturated heterocycles. The number of urea groups is 1. The summed E-state index contributed by atoms with van der Waals surface area (Å²) in [5.74, 6) is 1.13. The van der Waals surface area contributed by atoms with Crippen LogP contribution in [0.4, 0.5) is 4.79 Å². The van der Waals surface area contributed by atoms with Gasteiger partial charge in [0.15, 0.2) is 0 Å². The summed E-state index contributed by atoms with van der Waals surface area (Å²) in [6, 6.07) is 3.73. The number of amides is 2. The van der Waals surface area contributed by atoms with Gasteiger partial charge < -0.3 is 28.4 Å². The number of hydrogen-bond acceptors (Lipinski definition) is 7. The highest BCUT2D eigenvalue weighted by atomic mass is 16.7. The highest BCUT2D eigenvalue weighted by Crippen LogP contribution is 2.78. The number of ether oxygens (including phenoxy) is 3. The van der Waals surface area contributed by atoms with Gasteiger partial charge in [0.25, 0.3) is 0 Å². The van der Waals surface area contributed by atoms with Crippen molar-refractivity contribution in [2.45, 2.75) is 95.5 Å². The third-order valence-corrected chi connectivity index (χ3v) is 12.6. The summed E-state index contributed by atoms with van der Waals surface area (Å²) in [5, 5.41) is 0. The summed E-state index contributed by atoms with van der Waals surface area (Å²) >= 11 is 0. The minimum Gasteiger partial charge on any atom is -0.459 e. The number of morpholine rings is 1. The van der Waals surface area contributed by atoms with Crippen molar-refractivity contribution in [3.8, 4) is 0 Å². The van der Waals surface area contributed by atoms with Crippen molar-refractivity contribution in [2.24, 2.45) is 28.6 Å². The first-order chi connectivity index (χ1) is 19.6. The number of carbonyl (C=O) groups excluding carboxylic acids is 2. The Balaban J connectivity index is 1.13. The summed E-state index contributed by atoms with van der Waals surface area (Å²) in [5.41, 5.74) is 0.193. The number of rotatable bonds is 3. The molecule has 2 amide bonds. The summed E-state index contributed by atoms with van der Waals surface area (Å²) in [4.78, 5) is 41.3. The van der Waals surface area contributed by atoms with E-state index in [1.165, 1.54) is 13.0 Å². The van der Waals surface area contributed by atoms with Gasteiger partial charge in [-0.1, -0.05) is 13.8 Å². The van der Waals surface area contributed by atoms with Crippen LogP contribution < -0.4 is 5.63 Å². The van der Waals surface area contributed by atoms with E-state index in [2.05, 4.69) is 13.8 Å². The van der Waals surface area contributed by atoms with Crippen LogP contribution in [0.25, 0.3) is 0 Å². The maximum absolute atomic E-state index is 13.3. The molecule has 0 aromatic carbocycles. The van der Waals surface area contributed by atoms with Crippen LogP contribution in [0.2, 0.25) is 0 Å². The van der Waals surface area contributed by atoms with Crippen LogP contribution in [0, 0.1) is 28.6 Å². The zero-order chi connectivity index (χ0) is 28.7. The van der Waals surface area contributed by atoms with E-state index in [9.17, 15) is 14.4 Å². The first-order valence-corrected chi connectivity index (χ1v) is 15.6. The molecule has 0 N–H and O–H groups in total. The third-order valence-electron chi connectivity index (χ3n) is 12.6. The Morgan fingerprint density at radius 2 is 1.83 bits per heavy atom. The molecule has 0 radical (unpaired) electrons. The van der Waals surface area contributed by atoms with Crippen LogP contribution in [0.5, 0.6) is 0 Å². The van der Waals surface area contributed by atoms with Gasteiger partial charge in [0.05, 0.1) is 19.5 Å². The Kier molecular flexibility index (Phi) is 6.40. The van der Waals surface area contributed by atoms with E-state index in [4.69, 9.17) is 18.6 Å². The number of epoxide rings is 1. The highest BCUT2D eigenvalue weighted by molar-refractivity contribution is 5.74. The smallest absolute Gasteiger partial charge is 0.335 e. The fourth-order valence-corrected chi connectivity index (χ4v) is 10.6. The molecule has 1 aromatic heterocycles. The first kappa shape index (κ1) is 27.4. The Bertz CT molecular complexity index is 1260. The van der Waals surface area contributed by atoms with E-state index >= 15 is 0 Å². The Morgan fingerprint density at radius 3 is 2.54 bits per heavy atom. The predicted octanol–water partition coefficient (Wildman–Crippen LogP) is 4.19. The number of fused-ring (bicyclic) bond motifs is 3. The average molecular weight is 569 g/mol. The molecule has 7 rings (SSSR count). The van der Waals surface area contributed by atoms with E-state index in [0.717, 1.165) is 50.5 Å². The monoisotopic (exact) mass is 568 g/mol. The van der Waals surface area contributed by atoms with Crippen molar-refractivity contribution in [1.29, 1.82) is 0 Å². The van der Waals surface area contributed by atoms with Crippen LogP contribution in [0.3, 0.4) is 0 Å². The van der Waals surface area contributed by atoms with Gasteiger partial charge in [-0.3, -0.25) is 4.79 Å². The van der Waals surface area contributed by atoms with Crippen LogP contribution >= 0.6 is 0 Å². The molecule has 41 heavy (non-hydrogen) atoms. The highest BCUT2D eigenvalue weighted by Gasteiger charge is 2.84. The van der Waals surface area contributed by atoms with Gasteiger partial charge in [-0.25, -0.2) is 9.59 Å². The normalized spacial score (nSPS) is 44.6. The second-order valence-electron chi connectivity index (χ2n) is 14.1. The van der Waals surface area contributed by atoms with Gasteiger partial charge in [0, 0.05) is 50.5 Å². The predicted molar refractivity (Wildman–Crippen MR) is 149 cm³/mol. The summed E-state index contributed by atoms with van der Waals surface area (Å²) in [7, 11) is 1.99. The lowest BCUT2D eigenvalue weighted by Gasteiger charge is -2.61. The molecule has 0 bridgehead atoms. The van der Waals surface area contributed by atoms with Gasteiger partial charge in [0.1, 0.15) is 17.8 Å². The van der Waals surface area contributed by atoms with Crippen LogP contribution in [-0.2, 0) is 19.0 Å². The SMILES string of the molecule is CC(=O)O[C@H]1[C@H]2O[C@]23[C@@H]2CC[C@@H]4C[C@@H](N(C)C(=O)N5CCOCC5)CC[C@]4(C)[C@H]2CC[C@]3(C)[C@H]1c1ccc(=O)oc1. The zero-order valence-corrected chi connectivity index (χ0v) is 24.8. The molecule has 4 aliphatic carbocycles. The Morgan fingerprint density at radius 1 is 1.05 bits per heavy atom. The molecule has 2 aliphatic heterocycles. The van der Waals surface area contributed by atoms with Crippen molar-refractivity contribution in [1.82, 2.24) is 9.80 Å². The van der Waals surface area contributed by atoms with Crippen molar-refractivity contribution in [3.63, 3.8) is 0 Å². The lowest BCUT2D eigenvalue weighted by Crippen LogP contribution is -2.59. The lowest BCUT2D eigenvalue weighted by molar-refractivity contribution is -0.156. The molecule has 4 saturated carbocycles. The van der Waals surface area contributed by atoms with Crippen LogP contribution in [0.15, 0.2) is 27.6 Å². The van der Waals surface area contributed by atoms with E-state index in [1.807, 2.05) is 22.9 Å². The van der Waals surface area contributed by atoms with E-state index in [-0.39, 0.29) is 58.2 Å². The third kappa shape index (κ3) is 3.90. The number of esters is 1. The Labute approximate surface area is 241 Å². The van der Waals surface area contributed by atoms with Gasteiger partial charge in [0.2, 0.25) is 0 Å². The molecule has 0 unspecified atom stereocenters. The fourth-order valence-electron chi connectivity index (χ4n) is 10.6. The molecule has 224 valence electrons. The summed E-state index contributed by atoms with van der Waals surface area (Å²) in [6.45, 7) is 8.88. The van der Waals surface area contributed by atoms with Gasteiger partial charge in [-0.05, 0) is 79.7 Å². The standard InChI is InChI=1S/C32H44N2O7/c1-19(35)40-27-26(20-5-8-25(36)39-18-20)31(3)12-10-23-24(32(31)28(27)41-32)7-6-21-17-22(9-11-30(21,23)2)33(4)29(37)34-13-15-38-16-14-34/h5,8,18,21-24,26-28H,6-7,9-17H2,1-4H3/t21-,22+,23+,24-,26+,27-,28-,30+,31-,32-/m1/s1. The molecule has 6 fully saturated rings. The summed E-state index contributed by atoms with van der Waals surface area (Å²) in [6.07, 6.45) is 8.56. The van der Waals surface area contributed by atoms with Crippen molar-refractivity contribution in [2.75, 3.05) is 33.4 Å². The molecular weight excluding hydrogens is 524 g/mol. The van der Waals surface area contributed by atoms with E-state index in [0.29, 0.717) is 44.1 Å². The van der Waals surface area contributed by atoms with Crippen molar-refractivity contribution < 1.29 is 28.2 Å². The maximum Gasteiger partial charge on any atom is 0.335 e. The number of carbonyl (C=O) groups is 2. The van der Waals surface area contributed by atoms with Crippen molar-refractivity contribution >= 4 is 12.0 Å². The maximum atomic E-state index is 13.3. The molecule has 3 heterocycles. The molecule has 1 spiro atoms. The minimum atomic E-state index is -0.384. The molecule has 9 heteroatoms. The minimum absolute atomic E-state index is 0.0726. The van der Waals surface area contributed by atoms with Crippen molar-refractivity contribution in [3.05, 3.63) is 34.4 Å². The largest absolute Gasteiger partial charge is 0.459 e. The number of nitrogens with zero attached hydrogens (tertiary/aromatic N) is 2. The summed E-state index contributed by atoms with van der Waals surface area (Å²) < 4.78 is 23.5. The quantitative estimate of drug-likeness (QED) is 0.398. The van der Waals surface area contributed by atoms with E-state index in [1.54, 1.807) is 6.26 Å². The van der Waals surface area contributed by atoms with Gasteiger partial charge in [-0.2, -0.15) is 0 Å². The zero-order valence-electron chi connectivity index (χ0n) is 24.8. The Hall–Kier alpha value is -2.39. The van der Waals surface area contributed by atoms with Gasteiger partial charge in [-0.15, -0.1) is 0 Å². The first-order valence-electron chi connectivity index (χ1n) is 15.6. The second-order valence-corrected chi connectivity index (χ2v) is 14.1. The fraction of sp³-hybridized carbons (Fsp3) is 0.781. The topological polar surface area (TPSA) is 102 Å². The van der Waals surface area contributed by atoms with Gasteiger partial charge >= 0.3 is 17.6 Å². The second kappa shape index (κ2) is 9.56. The van der Waals surface area contributed by atoms with Crippen LogP contribution in [0.1, 0.15) is 77.2 Å². The molecule has 10 atom stereocenters. The average Bonchev–Trinajstić information content (AvgIpc) is 3.67. The molecular formula is C32H44N2O7. The molecule has 1 aromatic rings. The van der Waals surface area contributed by atoms with E-state index < -0.39 is 0 Å². The molecule has 6 aliphatic rings. The lowest BCUT2D eigenvalue weighted by atomic mass is 9.44.